The zero-order valence-electron chi connectivity index (χ0n) is 11.8. The van der Waals surface area contributed by atoms with Gasteiger partial charge in [0.05, 0.1) is 5.92 Å². The minimum absolute atomic E-state index is 0.315. The summed E-state index contributed by atoms with van der Waals surface area (Å²) in [7, 11) is 1.99. The molecule has 4 nitrogen and oxygen atoms in total. The van der Waals surface area contributed by atoms with Gasteiger partial charge in [-0.1, -0.05) is 18.2 Å². The van der Waals surface area contributed by atoms with Crippen LogP contribution in [0, 0.1) is 12.8 Å². The Morgan fingerprint density at radius 3 is 2.58 bits per heavy atom. The van der Waals surface area contributed by atoms with E-state index in [1.54, 1.807) is 0 Å². The van der Waals surface area contributed by atoms with E-state index in [9.17, 15) is 9.90 Å². The predicted molar refractivity (Wildman–Crippen MR) is 76.6 cm³/mol. The molecule has 1 aromatic rings. The Morgan fingerprint density at radius 1 is 1.26 bits per heavy atom. The SMILES string of the molecule is Cc1ccccc1N1CC(C(=O)O)CN(C)CC1C. The van der Waals surface area contributed by atoms with Gasteiger partial charge in [-0.2, -0.15) is 0 Å². The van der Waals surface area contributed by atoms with Crippen molar-refractivity contribution in [2.75, 3.05) is 31.6 Å². The van der Waals surface area contributed by atoms with E-state index in [1.807, 2.05) is 19.2 Å². The molecular formula is C15H22N2O2. The van der Waals surface area contributed by atoms with Gasteiger partial charge >= 0.3 is 5.97 Å². The summed E-state index contributed by atoms with van der Waals surface area (Å²) in [6.45, 7) is 6.31. The van der Waals surface area contributed by atoms with Crippen molar-refractivity contribution in [2.45, 2.75) is 19.9 Å². The maximum atomic E-state index is 11.4. The van der Waals surface area contributed by atoms with Crippen LogP contribution in [0.15, 0.2) is 24.3 Å². The fourth-order valence-electron chi connectivity index (χ4n) is 2.85. The Morgan fingerprint density at radius 2 is 1.95 bits per heavy atom. The fourth-order valence-corrected chi connectivity index (χ4v) is 2.85. The largest absolute Gasteiger partial charge is 0.481 e. The van der Waals surface area contributed by atoms with Crippen LogP contribution in [0.1, 0.15) is 12.5 Å². The molecule has 0 bridgehead atoms. The highest BCUT2D eigenvalue weighted by Crippen LogP contribution is 2.25. The van der Waals surface area contributed by atoms with Crippen LogP contribution < -0.4 is 4.90 Å². The quantitative estimate of drug-likeness (QED) is 0.883. The number of hydrogen-bond donors (Lipinski definition) is 1. The molecule has 2 rings (SSSR count). The van der Waals surface area contributed by atoms with Gasteiger partial charge in [-0.05, 0) is 32.5 Å². The second kappa shape index (κ2) is 5.61. The van der Waals surface area contributed by atoms with E-state index < -0.39 is 5.97 Å². The predicted octanol–water partition coefficient (Wildman–Crippen LogP) is 1.84. The lowest BCUT2D eigenvalue weighted by atomic mass is 10.1. The van der Waals surface area contributed by atoms with Crippen LogP contribution in [0.3, 0.4) is 0 Å². The van der Waals surface area contributed by atoms with Crippen LogP contribution in [0.2, 0.25) is 0 Å². The van der Waals surface area contributed by atoms with Gasteiger partial charge in [0.1, 0.15) is 0 Å². The molecule has 1 saturated heterocycles. The lowest BCUT2D eigenvalue weighted by Crippen LogP contribution is -2.39. The summed E-state index contributed by atoms with van der Waals surface area (Å²) in [5, 5.41) is 9.35. The molecule has 2 atom stereocenters. The van der Waals surface area contributed by atoms with Gasteiger partial charge < -0.3 is 14.9 Å². The molecule has 1 aliphatic heterocycles. The second-order valence-electron chi connectivity index (χ2n) is 5.54. The van der Waals surface area contributed by atoms with E-state index in [0.717, 1.165) is 12.2 Å². The number of carbonyl (C=O) groups is 1. The highest BCUT2D eigenvalue weighted by Gasteiger charge is 2.30. The van der Waals surface area contributed by atoms with E-state index >= 15 is 0 Å². The minimum Gasteiger partial charge on any atom is -0.481 e. The highest BCUT2D eigenvalue weighted by molar-refractivity contribution is 5.71. The Balaban J connectivity index is 2.31. The van der Waals surface area contributed by atoms with E-state index in [-0.39, 0.29) is 5.92 Å². The monoisotopic (exact) mass is 262 g/mol. The summed E-state index contributed by atoms with van der Waals surface area (Å²) in [6, 6.07) is 8.50. The number of aryl methyl sites for hydroxylation is 1. The van der Waals surface area contributed by atoms with Crippen molar-refractivity contribution >= 4 is 11.7 Å². The fraction of sp³-hybridized carbons (Fsp3) is 0.533. The Bertz CT molecular complexity index is 461. The number of anilines is 1. The average molecular weight is 262 g/mol. The summed E-state index contributed by atoms with van der Waals surface area (Å²) < 4.78 is 0. The molecule has 0 aromatic heterocycles. The first-order chi connectivity index (χ1) is 8.99. The lowest BCUT2D eigenvalue weighted by Gasteiger charge is -2.32. The van der Waals surface area contributed by atoms with Crippen LogP contribution in [0.4, 0.5) is 5.69 Å². The minimum atomic E-state index is -0.709. The lowest BCUT2D eigenvalue weighted by molar-refractivity contribution is -0.141. The third-order valence-corrected chi connectivity index (χ3v) is 3.83. The summed E-state index contributed by atoms with van der Waals surface area (Å²) in [5.41, 5.74) is 2.35. The molecule has 0 saturated carbocycles. The van der Waals surface area contributed by atoms with Gasteiger partial charge in [-0.15, -0.1) is 0 Å². The normalized spacial score (nSPS) is 25.1. The molecule has 2 unspecified atom stereocenters. The number of rotatable bonds is 2. The number of carboxylic acid groups (broad SMARTS) is 1. The van der Waals surface area contributed by atoms with Crippen molar-refractivity contribution in [3.05, 3.63) is 29.8 Å². The van der Waals surface area contributed by atoms with Gasteiger partial charge in [0.15, 0.2) is 0 Å². The molecule has 0 radical (unpaired) electrons. The van der Waals surface area contributed by atoms with Crippen molar-refractivity contribution in [2.24, 2.45) is 5.92 Å². The number of benzene rings is 1. The molecule has 1 aliphatic rings. The van der Waals surface area contributed by atoms with Gasteiger partial charge in [-0.25, -0.2) is 0 Å². The molecule has 1 aromatic carbocycles. The number of hydrogen-bond acceptors (Lipinski definition) is 3. The maximum absolute atomic E-state index is 11.4. The molecule has 0 amide bonds. The smallest absolute Gasteiger partial charge is 0.309 e. The molecule has 4 heteroatoms. The summed E-state index contributed by atoms with van der Waals surface area (Å²) in [5.74, 6) is -1.05. The van der Waals surface area contributed by atoms with Gasteiger partial charge in [-0.3, -0.25) is 4.79 Å². The number of para-hydroxylation sites is 1. The molecular weight excluding hydrogens is 240 g/mol. The molecule has 1 N–H and O–H groups in total. The third kappa shape index (κ3) is 3.07. The number of aliphatic carboxylic acids is 1. The van der Waals surface area contributed by atoms with Crippen LogP contribution in [0.5, 0.6) is 0 Å². The zero-order valence-corrected chi connectivity index (χ0v) is 11.8. The summed E-state index contributed by atoms with van der Waals surface area (Å²) >= 11 is 0. The van der Waals surface area contributed by atoms with E-state index in [2.05, 4.69) is 35.8 Å². The van der Waals surface area contributed by atoms with Crippen molar-refractivity contribution in [3.8, 4) is 0 Å². The van der Waals surface area contributed by atoms with Crippen LogP contribution in [0.25, 0.3) is 0 Å². The Hall–Kier alpha value is -1.55. The zero-order chi connectivity index (χ0) is 14.0. The third-order valence-electron chi connectivity index (χ3n) is 3.83. The number of carboxylic acids is 1. The van der Waals surface area contributed by atoms with Gasteiger partial charge in [0.25, 0.3) is 0 Å². The standard InChI is InChI=1S/C15H22N2O2/c1-11-6-4-5-7-14(11)17-10-13(15(18)19)9-16(3)8-12(17)2/h4-7,12-13H,8-10H2,1-3H3,(H,18,19). The van der Waals surface area contributed by atoms with Crippen molar-refractivity contribution < 1.29 is 9.90 Å². The molecule has 0 spiro atoms. The first kappa shape index (κ1) is 13.9. The van der Waals surface area contributed by atoms with Gasteiger partial charge in [0.2, 0.25) is 0 Å². The molecule has 0 aliphatic carbocycles. The topological polar surface area (TPSA) is 43.8 Å². The van der Waals surface area contributed by atoms with Crippen molar-refractivity contribution in [1.29, 1.82) is 0 Å². The average Bonchev–Trinajstić information content (AvgIpc) is 2.48. The van der Waals surface area contributed by atoms with Crippen molar-refractivity contribution in [1.82, 2.24) is 4.90 Å². The number of nitrogens with zero attached hydrogens (tertiary/aromatic N) is 2. The highest BCUT2D eigenvalue weighted by atomic mass is 16.4. The van der Waals surface area contributed by atoms with E-state index in [0.29, 0.717) is 19.1 Å². The van der Waals surface area contributed by atoms with Crippen LogP contribution >= 0.6 is 0 Å². The summed E-state index contributed by atoms with van der Waals surface area (Å²) in [6.07, 6.45) is 0. The van der Waals surface area contributed by atoms with Crippen LogP contribution in [-0.2, 0) is 4.79 Å². The van der Waals surface area contributed by atoms with Crippen LogP contribution in [-0.4, -0.2) is 48.7 Å². The second-order valence-corrected chi connectivity index (χ2v) is 5.54. The molecule has 19 heavy (non-hydrogen) atoms. The first-order valence-electron chi connectivity index (χ1n) is 6.72. The van der Waals surface area contributed by atoms with E-state index in [4.69, 9.17) is 0 Å². The number of likely N-dealkylation sites (N-methyl/N-ethyl adjacent to an activating group) is 1. The van der Waals surface area contributed by atoms with Gasteiger partial charge in [0, 0.05) is 31.4 Å². The molecule has 104 valence electrons. The first-order valence-corrected chi connectivity index (χ1v) is 6.72. The van der Waals surface area contributed by atoms with Crippen molar-refractivity contribution in [3.63, 3.8) is 0 Å². The molecule has 1 fully saturated rings. The summed E-state index contributed by atoms with van der Waals surface area (Å²) in [4.78, 5) is 15.7. The maximum Gasteiger partial charge on any atom is 0.309 e. The van der Waals surface area contributed by atoms with E-state index in [1.165, 1.54) is 5.56 Å². The Labute approximate surface area is 114 Å². The molecule has 1 heterocycles. The Kier molecular flexibility index (Phi) is 4.10.